The lowest BCUT2D eigenvalue weighted by molar-refractivity contribution is -0.385. The van der Waals surface area contributed by atoms with Gasteiger partial charge in [0, 0.05) is 18.9 Å². The van der Waals surface area contributed by atoms with Gasteiger partial charge in [-0.25, -0.2) is 0 Å². The van der Waals surface area contributed by atoms with Crippen molar-refractivity contribution in [2.75, 3.05) is 0 Å². The lowest BCUT2D eigenvalue weighted by atomic mass is 9.66. The van der Waals surface area contributed by atoms with Crippen molar-refractivity contribution in [3.8, 4) is 6.07 Å². The van der Waals surface area contributed by atoms with Crippen molar-refractivity contribution in [2.24, 2.45) is 0 Å². The van der Waals surface area contributed by atoms with E-state index in [9.17, 15) is 14.9 Å². The largest absolute Gasteiger partial charge is 0.300 e. The first-order valence-corrected chi connectivity index (χ1v) is 4.61. The molecule has 16 heavy (non-hydrogen) atoms. The fraction of sp³-hybridized carbons (Fsp3) is 0.300. The Morgan fingerprint density at radius 2 is 2.19 bits per heavy atom. The number of nitrogens with zero attached hydrogens (tertiary/aromatic N) is 3. The molecule has 1 saturated carbocycles. The van der Waals surface area contributed by atoms with Crippen LogP contribution >= 0.6 is 0 Å². The predicted octanol–water partition coefficient (Wildman–Crippen LogP) is 1.11. The van der Waals surface area contributed by atoms with Gasteiger partial charge in [-0.3, -0.25) is 19.9 Å². The van der Waals surface area contributed by atoms with Crippen molar-refractivity contribution in [1.82, 2.24) is 4.98 Å². The highest BCUT2D eigenvalue weighted by Crippen LogP contribution is 2.39. The molecule has 1 heterocycles. The van der Waals surface area contributed by atoms with Gasteiger partial charge in [0.15, 0.2) is 0 Å². The van der Waals surface area contributed by atoms with E-state index in [1.165, 1.54) is 12.1 Å². The summed E-state index contributed by atoms with van der Waals surface area (Å²) in [6.45, 7) is 0. The molecule has 0 unspecified atom stereocenters. The van der Waals surface area contributed by atoms with E-state index in [1.807, 2.05) is 0 Å². The van der Waals surface area contributed by atoms with E-state index in [0.717, 1.165) is 6.20 Å². The molecule has 0 aliphatic heterocycles. The van der Waals surface area contributed by atoms with Crippen LogP contribution in [0, 0.1) is 21.4 Å². The fourth-order valence-corrected chi connectivity index (χ4v) is 1.72. The van der Waals surface area contributed by atoms with Gasteiger partial charge in [-0.05, 0) is 6.07 Å². The lowest BCUT2D eigenvalue weighted by Gasteiger charge is -2.32. The highest BCUT2D eigenvalue weighted by atomic mass is 16.6. The molecular formula is C10H7N3O3. The van der Waals surface area contributed by atoms with E-state index in [4.69, 9.17) is 5.26 Å². The van der Waals surface area contributed by atoms with Crippen LogP contribution in [-0.4, -0.2) is 15.7 Å². The van der Waals surface area contributed by atoms with Crippen molar-refractivity contribution in [1.29, 1.82) is 5.26 Å². The van der Waals surface area contributed by atoms with Crippen molar-refractivity contribution in [3.63, 3.8) is 0 Å². The van der Waals surface area contributed by atoms with Crippen LogP contribution in [0.3, 0.4) is 0 Å². The average molecular weight is 217 g/mol. The zero-order valence-electron chi connectivity index (χ0n) is 8.21. The van der Waals surface area contributed by atoms with E-state index >= 15 is 0 Å². The second-order valence-corrected chi connectivity index (χ2v) is 3.74. The average Bonchev–Trinajstić information content (AvgIpc) is 2.24. The zero-order chi connectivity index (χ0) is 11.8. The molecule has 0 atom stereocenters. The number of pyridine rings is 1. The number of hydrogen-bond acceptors (Lipinski definition) is 5. The molecule has 1 aliphatic carbocycles. The van der Waals surface area contributed by atoms with E-state index in [-0.39, 0.29) is 24.3 Å². The Labute approximate surface area is 90.7 Å². The van der Waals surface area contributed by atoms with Gasteiger partial charge in [-0.2, -0.15) is 5.26 Å². The van der Waals surface area contributed by atoms with E-state index in [0.29, 0.717) is 5.69 Å². The van der Waals surface area contributed by atoms with Gasteiger partial charge in [0.05, 0.1) is 16.7 Å². The van der Waals surface area contributed by atoms with Gasteiger partial charge < -0.3 is 0 Å². The van der Waals surface area contributed by atoms with Crippen LogP contribution in [0.1, 0.15) is 18.5 Å². The summed E-state index contributed by atoms with van der Waals surface area (Å²) in [5.41, 5.74) is -0.561. The maximum atomic E-state index is 10.9. The number of carbonyl (C=O) groups excluding carboxylic acids is 1. The Kier molecular flexibility index (Phi) is 2.16. The molecule has 0 N–H and O–H groups in total. The third-order valence-corrected chi connectivity index (χ3v) is 2.66. The van der Waals surface area contributed by atoms with Crippen LogP contribution in [0.4, 0.5) is 5.69 Å². The monoisotopic (exact) mass is 217 g/mol. The zero-order valence-corrected chi connectivity index (χ0v) is 8.21. The number of hydrogen-bond donors (Lipinski definition) is 0. The van der Waals surface area contributed by atoms with Gasteiger partial charge in [-0.1, -0.05) is 0 Å². The highest BCUT2D eigenvalue weighted by Gasteiger charge is 2.46. The number of aromatic nitrogens is 1. The van der Waals surface area contributed by atoms with Gasteiger partial charge in [0.25, 0.3) is 5.69 Å². The topological polar surface area (TPSA) is 96.9 Å². The summed E-state index contributed by atoms with van der Waals surface area (Å²) >= 11 is 0. The predicted molar refractivity (Wildman–Crippen MR) is 52.4 cm³/mol. The quantitative estimate of drug-likeness (QED) is 0.546. The molecule has 0 saturated heterocycles. The van der Waals surface area contributed by atoms with Crippen molar-refractivity contribution in [2.45, 2.75) is 18.3 Å². The number of carbonyl (C=O) groups is 1. The summed E-state index contributed by atoms with van der Waals surface area (Å²) in [5.74, 6) is 0.0155. The van der Waals surface area contributed by atoms with Gasteiger partial charge in [-0.15, -0.1) is 0 Å². The summed E-state index contributed by atoms with van der Waals surface area (Å²) in [5, 5.41) is 19.4. The molecule has 0 amide bonds. The Balaban J connectivity index is 2.32. The Hall–Kier alpha value is -2.29. The maximum absolute atomic E-state index is 10.9. The van der Waals surface area contributed by atoms with Crippen LogP contribution in [0.15, 0.2) is 18.3 Å². The standard InChI is InChI=1S/C10H7N3O3/c11-6-10(3-8(14)4-10)9-2-1-7(5-12-9)13(15)16/h1-2,5H,3-4H2. The van der Waals surface area contributed by atoms with Crippen LogP contribution in [0.25, 0.3) is 0 Å². The van der Waals surface area contributed by atoms with E-state index in [2.05, 4.69) is 11.1 Å². The van der Waals surface area contributed by atoms with E-state index in [1.54, 1.807) is 0 Å². The summed E-state index contributed by atoms with van der Waals surface area (Å²) < 4.78 is 0. The molecule has 80 valence electrons. The molecule has 0 radical (unpaired) electrons. The minimum Gasteiger partial charge on any atom is -0.300 e. The van der Waals surface area contributed by atoms with Crippen LogP contribution < -0.4 is 0 Å². The molecule has 1 aromatic heterocycles. The Morgan fingerprint density at radius 1 is 1.50 bits per heavy atom. The molecular weight excluding hydrogens is 210 g/mol. The van der Waals surface area contributed by atoms with Crippen molar-refractivity contribution < 1.29 is 9.72 Å². The van der Waals surface area contributed by atoms with Gasteiger partial charge >= 0.3 is 0 Å². The van der Waals surface area contributed by atoms with Crippen LogP contribution in [0.2, 0.25) is 0 Å². The molecule has 1 fully saturated rings. The summed E-state index contributed by atoms with van der Waals surface area (Å²) in [6, 6.07) is 4.79. The molecule has 0 spiro atoms. The molecule has 0 aromatic carbocycles. The normalized spacial score (nSPS) is 17.3. The van der Waals surface area contributed by atoms with Crippen molar-refractivity contribution >= 4 is 11.5 Å². The first kappa shape index (κ1) is 10.2. The van der Waals surface area contributed by atoms with Crippen LogP contribution in [0.5, 0.6) is 0 Å². The van der Waals surface area contributed by atoms with E-state index < -0.39 is 10.3 Å². The second kappa shape index (κ2) is 3.38. The number of Topliss-reactive ketones (excluding diaryl/α,β-unsaturated/α-hetero) is 1. The minimum absolute atomic E-state index is 0.0155. The summed E-state index contributed by atoms with van der Waals surface area (Å²) in [6.07, 6.45) is 1.40. The second-order valence-electron chi connectivity index (χ2n) is 3.74. The van der Waals surface area contributed by atoms with Crippen LogP contribution in [-0.2, 0) is 10.2 Å². The SMILES string of the molecule is N#CC1(c2ccc([N+](=O)[O-])cn2)CC(=O)C1. The first-order valence-electron chi connectivity index (χ1n) is 4.61. The molecule has 1 aliphatic rings. The first-order chi connectivity index (χ1) is 7.57. The smallest absolute Gasteiger partial charge is 0.287 e. The molecule has 6 nitrogen and oxygen atoms in total. The summed E-state index contributed by atoms with van der Waals surface area (Å²) in [7, 11) is 0. The number of nitro groups is 1. The third kappa shape index (κ3) is 1.42. The van der Waals surface area contributed by atoms with Gasteiger partial charge in [0.2, 0.25) is 0 Å². The summed E-state index contributed by atoms with van der Waals surface area (Å²) in [4.78, 5) is 24.7. The number of nitriles is 1. The maximum Gasteiger partial charge on any atom is 0.287 e. The number of rotatable bonds is 2. The highest BCUT2D eigenvalue weighted by molar-refractivity contribution is 5.89. The molecule has 6 heteroatoms. The molecule has 2 rings (SSSR count). The lowest BCUT2D eigenvalue weighted by Crippen LogP contribution is -2.41. The minimum atomic E-state index is -0.869. The van der Waals surface area contributed by atoms with Crippen molar-refractivity contribution in [3.05, 3.63) is 34.1 Å². The third-order valence-electron chi connectivity index (χ3n) is 2.66. The Bertz CT molecular complexity index is 493. The number of ketones is 1. The molecule has 1 aromatic rings. The molecule has 0 bridgehead atoms. The Morgan fingerprint density at radius 3 is 2.56 bits per heavy atom. The van der Waals surface area contributed by atoms with Gasteiger partial charge in [0.1, 0.15) is 17.4 Å². The fourth-order valence-electron chi connectivity index (χ4n) is 1.72.